The lowest BCUT2D eigenvalue weighted by atomic mass is 9.97. The third-order valence-corrected chi connectivity index (χ3v) is 8.51. The number of phenols is 1. The van der Waals surface area contributed by atoms with E-state index in [0.717, 1.165) is 21.6 Å². The van der Waals surface area contributed by atoms with Gasteiger partial charge in [-0.05, 0) is 42.7 Å². The molecule has 2 amide bonds. The Morgan fingerprint density at radius 3 is 2.43 bits per heavy atom. The molecular weight excluding hydrogens is 608 g/mol. The van der Waals surface area contributed by atoms with Crippen molar-refractivity contribution in [2.75, 3.05) is 36.5 Å². The zero-order valence-corrected chi connectivity index (χ0v) is 25.2. The molecule has 1 saturated heterocycles. The third kappa shape index (κ3) is 4.34. The van der Waals surface area contributed by atoms with Crippen molar-refractivity contribution in [2.24, 2.45) is 0 Å². The minimum Gasteiger partial charge on any atom is -0.507 e. The average Bonchev–Trinajstić information content (AvgIpc) is 3.11. The number of halogens is 4. The van der Waals surface area contributed by atoms with Gasteiger partial charge in [-0.3, -0.25) is 19.1 Å². The Labute approximate surface area is 259 Å². The fourth-order valence-corrected chi connectivity index (χ4v) is 6.30. The number of carbonyl (C=O) groups excluding carboxylic acids is 2. The van der Waals surface area contributed by atoms with Crippen LogP contribution < -0.4 is 15.5 Å². The van der Waals surface area contributed by atoms with E-state index in [9.17, 15) is 23.9 Å². The molecule has 14 heteroatoms. The van der Waals surface area contributed by atoms with Gasteiger partial charge in [0.15, 0.2) is 23.3 Å². The summed E-state index contributed by atoms with van der Waals surface area (Å²) in [6.07, 6.45) is 2.59. The Bertz CT molecular complexity index is 2060. The van der Waals surface area contributed by atoms with Crippen LogP contribution in [0.4, 0.5) is 29.1 Å². The molecule has 1 unspecified atom stereocenters. The van der Waals surface area contributed by atoms with Crippen molar-refractivity contribution in [3.63, 3.8) is 0 Å². The summed E-state index contributed by atoms with van der Waals surface area (Å²) in [7, 11) is 1.20. The molecule has 6 rings (SSSR count). The maximum absolute atomic E-state index is 17.2. The van der Waals surface area contributed by atoms with Gasteiger partial charge in [-0.25, -0.2) is 22.4 Å². The molecule has 2 aromatic carbocycles. The lowest BCUT2D eigenvalue weighted by Gasteiger charge is -2.40. The van der Waals surface area contributed by atoms with Crippen molar-refractivity contribution >= 4 is 34.2 Å². The van der Waals surface area contributed by atoms with E-state index in [-0.39, 0.29) is 42.4 Å². The maximum atomic E-state index is 17.2. The molecule has 4 aromatic rings. The summed E-state index contributed by atoms with van der Waals surface area (Å²) < 4.78 is 64.8. The smallest absolute Gasteiger partial charge is 0.354 e. The van der Waals surface area contributed by atoms with E-state index >= 15 is 13.2 Å². The summed E-state index contributed by atoms with van der Waals surface area (Å²) in [5.41, 5.74) is -3.57. The SMILES string of the molecule is C=CC(=O)N1CCN2c3nc(=O)n(-c4c(C)ccnc4C(C)C)c4c(F)c(-c5c(O)ccc(F)c5F)c(F)c(c34)N(C)C(=O)C2C1. The molecule has 238 valence electrons. The molecule has 1 fully saturated rings. The Morgan fingerprint density at radius 1 is 1.04 bits per heavy atom. The first-order chi connectivity index (χ1) is 21.8. The number of hydrogen-bond acceptors (Lipinski definition) is 7. The Kier molecular flexibility index (Phi) is 7.33. The van der Waals surface area contributed by atoms with Crippen molar-refractivity contribution in [3.05, 3.63) is 82.1 Å². The molecule has 0 bridgehead atoms. The number of aryl methyl sites for hydroxylation is 1. The van der Waals surface area contributed by atoms with Crippen LogP contribution in [0.3, 0.4) is 0 Å². The molecule has 0 aliphatic carbocycles. The van der Waals surface area contributed by atoms with Gasteiger partial charge in [0.1, 0.15) is 23.1 Å². The summed E-state index contributed by atoms with van der Waals surface area (Å²) in [5, 5.41) is 10.3. The molecular formula is C32H28F4N6O4. The number of likely N-dealkylation sites (N-methyl/N-ethyl adjacent to an activating group) is 1. The average molecular weight is 637 g/mol. The zero-order valence-electron chi connectivity index (χ0n) is 25.2. The summed E-state index contributed by atoms with van der Waals surface area (Å²) in [6, 6.07) is 1.73. The number of benzene rings is 2. The van der Waals surface area contributed by atoms with Gasteiger partial charge in [-0.2, -0.15) is 4.98 Å². The second-order valence-electron chi connectivity index (χ2n) is 11.5. The number of fused-ring (bicyclic) bond motifs is 2. The number of aromatic hydroxyl groups is 1. The number of anilines is 2. The third-order valence-electron chi connectivity index (χ3n) is 8.51. The molecule has 10 nitrogen and oxygen atoms in total. The normalized spacial score (nSPS) is 16.2. The Hall–Kier alpha value is -5.27. The van der Waals surface area contributed by atoms with Gasteiger partial charge in [0.05, 0.1) is 40.1 Å². The molecule has 2 aliphatic heterocycles. The number of pyridine rings is 1. The van der Waals surface area contributed by atoms with Crippen molar-refractivity contribution in [2.45, 2.75) is 32.7 Å². The Morgan fingerprint density at radius 2 is 1.76 bits per heavy atom. The number of carbonyl (C=O) groups is 2. The minimum absolute atomic E-state index is 0.0394. The molecule has 4 heterocycles. The first-order valence-electron chi connectivity index (χ1n) is 14.4. The van der Waals surface area contributed by atoms with Crippen molar-refractivity contribution in [1.82, 2.24) is 19.4 Å². The molecule has 2 aromatic heterocycles. The van der Waals surface area contributed by atoms with E-state index in [1.165, 1.54) is 23.0 Å². The van der Waals surface area contributed by atoms with Crippen LogP contribution in [0, 0.1) is 30.2 Å². The second kappa shape index (κ2) is 11.0. The molecule has 0 spiro atoms. The molecule has 0 radical (unpaired) electrons. The first-order valence-corrected chi connectivity index (χ1v) is 14.4. The van der Waals surface area contributed by atoms with Crippen LogP contribution in [0.2, 0.25) is 0 Å². The van der Waals surface area contributed by atoms with Gasteiger partial charge in [-0.15, -0.1) is 0 Å². The summed E-state index contributed by atoms with van der Waals surface area (Å²) in [5.74, 6) is -8.98. The molecule has 1 atom stereocenters. The fraction of sp³-hybridized carbons (Fsp3) is 0.281. The van der Waals surface area contributed by atoms with Gasteiger partial charge < -0.3 is 19.8 Å². The quantitative estimate of drug-likeness (QED) is 0.262. The minimum atomic E-state index is -1.74. The number of nitrogens with zero attached hydrogens (tertiary/aromatic N) is 6. The summed E-state index contributed by atoms with van der Waals surface area (Å²) >= 11 is 0. The van der Waals surface area contributed by atoms with Gasteiger partial charge in [-0.1, -0.05) is 20.4 Å². The lowest BCUT2D eigenvalue weighted by Crippen LogP contribution is -2.60. The van der Waals surface area contributed by atoms with E-state index in [4.69, 9.17) is 0 Å². The number of aromatic nitrogens is 3. The van der Waals surface area contributed by atoms with Crippen LogP contribution >= 0.6 is 0 Å². The van der Waals surface area contributed by atoms with Crippen LogP contribution in [0.15, 0.2) is 41.8 Å². The van der Waals surface area contributed by atoms with Crippen LogP contribution in [0.5, 0.6) is 5.75 Å². The number of piperazine rings is 1. The van der Waals surface area contributed by atoms with Crippen LogP contribution in [-0.4, -0.2) is 69.1 Å². The monoisotopic (exact) mass is 636 g/mol. The van der Waals surface area contributed by atoms with E-state index in [1.54, 1.807) is 26.8 Å². The van der Waals surface area contributed by atoms with Gasteiger partial charge in [0, 0.05) is 26.3 Å². The largest absolute Gasteiger partial charge is 0.507 e. The molecule has 46 heavy (non-hydrogen) atoms. The number of rotatable bonds is 4. The van der Waals surface area contributed by atoms with E-state index in [0.29, 0.717) is 17.3 Å². The Balaban J connectivity index is 1.83. The van der Waals surface area contributed by atoms with E-state index in [1.807, 2.05) is 0 Å². The standard InChI is InChI=1S/C32H28F4N6O4/c1-6-19(44)40-11-12-41-17(13-40)31(45)39(5)28-22-29(25(36)21(24(28)35)20-18(43)8-7-16(33)23(20)34)42(32(46)38-30(22)41)27-15(4)9-10-37-26(27)14(2)3/h6-10,14,17,43H,1,11-13H2,2-5H3. The second-order valence-corrected chi connectivity index (χ2v) is 11.5. The molecule has 2 aliphatic rings. The highest BCUT2D eigenvalue weighted by atomic mass is 19.2. The van der Waals surface area contributed by atoms with E-state index < -0.39 is 74.9 Å². The lowest BCUT2D eigenvalue weighted by molar-refractivity contribution is -0.128. The topological polar surface area (TPSA) is 112 Å². The predicted molar refractivity (Wildman–Crippen MR) is 162 cm³/mol. The number of amides is 2. The summed E-state index contributed by atoms with van der Waals surface area (Å²) in [4.78, 5) is 52.9. The van der Waals surface area contributed by atoms with Crippen molar-refractivity contribution in [1.29, 1.82) is 0 Å². The van der Waals surface area contributed by atoms with Crippen molar-refractivity contribution in [3.8, 4) is 22.6 Å². The highest BCUT2D eigenvalue weighted by molar-refractivity contribution is 6.14. The highest BCUT2D eigenvalue weighted by Gasteiger charge is 2.44. The summed E-state index contributed by atoms with van der Waals surface area (Å²) in [6.45, 7) is 8.56. The number of phenolic OH excluding ortho intramolecular Hbond substituents is 1. The van der Waals surface area contributed by atoms with Gasteiger partial charge in [0.2, 0.25) is 5.91 Å². The highest BCUT2D eigenvalue weighted by Crippen LogP contribution is 2.48. The molecule has 0 saturated carbocycles. The number of hydrogen-bond donors (Lipinski definition) is 1. The van der Waals surface area contributed by atoms with Crippen LogP contribution in [0.25, 0.3) is 27.7 Å². The van der Waals surface area contributed by atoms with Crippen molar-refractivity contribution < 1.29 is 32.3 Å². The fourth-order valence-electron chi connectivity index (χ4n) is 6.30. The van der Waals surface area contributed by atoms with Gasteiger partial charge in [0.25, 0.3) is 5.91 Å². The first kappa shape index (κ1) is 30.7. The predicted octanol–water partition coefficient (Wildman–Crippen LogP) is 4.32. The zero-order chi connectivity index (χ0) is 33.4. The van der Waals surface area contributed by atoms with Gasteiger partial charge >= 0.3 is 5.69 Å². The maximum Gasteiger partial charge on any atom is 0.354 e. The van der Waals surface area contributed by atoms with Crippen LogP contribution in [-0.2, 0) is 9.59 Å². The van der Waals surface area contributed by atoms with Crippen LogP contribution in [0.1, 0.15) is 31.0 Å². The van der Waals surface area contributed by atoms with E-state index in [2.05, 4.69) is 16.5 Å². The molecule has 1 N–H and O–H groups in total.